The number of fused-ring (bicyclic) bond motifs is 1. The van der Waals surface area contributed by atoms with Crippen LogP contribution < -0.4 is 5.32 Å². The van der Waals surface area contributed by atoms with E-state index in [0.717, 1.165) is 25.7 Å². The van der Waals surface area contributed by atoms with Crippen LogP contribution in [0.25, 0.3) is 0 Å². The molecule has 2 saturated heterocycles. The van der Waals surface area contributed by atoms with Gasteiger partial charge < -0.3 is 10.1 Å². The minimum Gasteiger partial charge on any atom is -0.374 e. The average molecular weight is 311 g/mol. The van der Waals surface area contributed by atoms with Gasteiger partial charge in [0, 0.05) is 31.7 Å². The van der Waals surface area contributed by atoms with E-state index in [9.17, 15) is 0 Å². The number of rotatable bonds is 11. The second kappa shape index (κ2) is 10.6. The summed E-state index contributed by atoms with van der Waals surface area (Å²) >= 11 is 0. The lowest BCUT2D eigenvalue weighted by molar-refractivity contribution is 0.0160. The Morgan fingerprint density at radius 1 is 0.955 bits per heavy atom. The van der Waals surface area contributed by atoms with Gasteiger partial charge in [0.2, 0.25) is 0 Å². The molecule has 0 spiro atoms. The highest BCUT2D eigenvalue weighted by Gasteiger charge is 2.37. The second-order valence-corrected chi connectivity index (χ2v) is 7.28. The predicted octanol–water partition coefficient (Wildman–Crippen LogP) is 3.97. The summed E-state index contributed by atoms with van der Waals surface area (Å²) in [6, 6.07) is 1.38. The molecule has 3 atom stereocenters. The molecular formula is C19H38N2O. The van der Waals surface area contributed by atoms with Crippen molar-refractivity contribution in [1.29, 1.82) is 0 Å². The van der Waals surface area contributed by atoms with Crippen LogP contribution in [0.5, 0.6) is 0 Å². The Hall–Kier alpha value is -0.120. The molecule has 0 radical (unpaired) electrons. The summed E-state index contributed by atoms with van der Waals surface area (Å²) in [5, 5.41) is 3.65. The number of hydrogen-bond donors (Lipinski definition) is 1. The number of unbranched alkanes of at least 4 members (excludes halogenated alkanes) is 6. The van der Waals surface area contributed by atoms with Crippen LogP contribution in [0.2, 0.25) is 0 Å². The monoisotopic (exact) mass is 310 g/mol. The molecule has 2 fully saturated rings. The van der Waals surface area contributed by atoms with Crippen molar-refractivity contribution in [2.75, 3.05) is 26.2 Å². The minimum absolute atomic E-state index is 0.447. The van der Waals surface area contributed by atoms with Crippen LogP contribution in [-0.2, 0) is 4.74 Å². The van der Waals surface area contributed by atoms with Crippen LogP contribution in [0.4, 0.5) is 0 Å². The van der Waals surface area contributed by atoms with Gasteiger partial charge in [-0.1, -0.05) is 65.2 Å². The van der Waals surface area contributed by atoms with Gasteiger partial charge in [0.15, 0.2) is 0 Å². The summed E-state index contributed by atoms with van der Waals surface area (Å²) in [4.78, 5) is 2.74. The van der Waals surface area contributed by atoms with Gasteiger partial charge in [-0.25, -0.2) is 0 Å². The standard InChI is InChI=1S/C19H38N2O/c1-3-5-7-8-10-12-17(11-9-6-4-2)21-15-18-19(16-21)22-14-13-20-18/h17-20H,3-16H2,1-2H3/t17?,18-,19+/m0/s1. The third-order valence-corrected chi connectivity index (χ3v) is 5.43. The van der Waals surface area contributed by atoms with E-state index in [1.54, 1.807) is 0 Å². The zero-order valence-corrected chi connectivity index (χ0v) is 15.0. The van der Waals surface area contributed by atoms with E-state index < -0.39 is 0 Å². The highest BCUT2D eigenvalue weighted by atomic mass is 16.5. The summed E-state index contributed by atoms with van der Waals surface area (Å²) in [5.41, 5.74) is 0. The lowest BCUT2D eigenvalue weighted by atomic mass is 10.00. The van der Waals surface area contributed by atoms with Crippen LogP contribution in [0.3, 0.4) is 0 Å². The molecule has 2 aliphatic rings. The molecule has 2 aliphatic heterocycles. The predicted molar refractivity (Wildman–Crippen MR) is 94.4 cm³/mol. The summed E-state index contributed by atoms with van der Waals surface area (Å²) < 4.78 is 5.96. The summed E-state index contributed by atoms with van der Waals surface area (Å²) in [7, 11) is 0. The number of morpholine rings is 1. The molecule has 3 nitrogen and oxygen atoms in total. The molecule has 2 heterocycles. The Bertz CT molecular complexity index is 271. The zero-order valence-electron chi connectivity index (χ0n) is 15.0. The summed E-state index contributed by atoms with van der Waals surface area (Å²) in [6.45, 7) is 8.90. The number of nitrogens with zero attached hydrogens (tertiary/aromatic N) is 1. The van der Waals surface area contributed by atoms with Gasteiger partial charge in [0.05, 0.1) is 12.7 Å². The number of hydrogen-bond acceptors (Lipinski definition) is 3. The molecular weight excluding hydrogens is 272 g/mol. The Kier molecular flexibility index (Phi) is 8.79. The highest BCUT2D eigenvalue weighted by molar-refractivity contribution is 4.94. The first kappa shape index (κ1) is 18.2. The minimum atomic E-state index is 0.447. The number of likely N-dealkylation sites (tertiary alicyclic amines) is 1. The topological polar surface area (TPSA) is 24.5 Å². The fraction of sp³-hybridized carbons (Fsp3) is 1.00. The van der Waals surface area contributed by atoms with Crippen LogP contribution in [-0.4, -0.2) is 49.3 Å². The Balaban J connectivity index is 1.75. The lowest BCUT2D eigenvalue weighted by Gasteiger charge is -2.28. The van der Waals surface area contributed by atoms with Crippen molar-refractivity contribution in [2.24, 2.45) is 0 Å². The fourth-order valence-corrected chi connectivity index (χ4v) is 4.04. The van der Waals surface area contributed by atoms with E-state index in [1.165, 1.54) is 70.8 Å². The van der Waals surface area contributed by atoms with E-state index in [0.29, 0.717) is 12.1 Å². The Labute approximate surface area is 138 Å². The Morgan fingerprint density at radius 2 is 1.64 bits per heavy atom. The van der Waals surface area contributed by atoms with Crippen molar-refractivity contribution in [2.45, 2.75) is 96.2 Å². The molecule has 0 aromatic rings. The van der Waals surface area contributed by atoms with E-state index >= 15 is 0 Å². The molecule has 22 heavy (non-hydrogen) atoms. The van der Waals surface area contributed by atoms with Gasteiger partial charge in [0.1, 0.15) is 0 Å². The SMILES string of the molecule is CCCCCCCC(CCCCC)N1C[C@@H]2NCCO[C@@H]2C1. The van der Waals surface area contributed by atoms with Crippen molar-refractivity contribution in [3.05, 3.63) is 0 Å². The first-order valence-corrected chi connectivity index (χ1v) is 9.94. The number of ether oxygens (including phenoxy) is 1. The fourth-order valence-electron chi connectivity index (χ4n) is 4.04. The highest BCUT2D eigenvalue weighted by Crippen LogP contribution is 2.24. The molecule has 1 N–H and O–H groups in total. The third kappa shape index (κ3) is 5.82. The van der Waals surface area contributed by atoms with Crippen molar-refractivity contribution in [3.8, 4) is 0 Å². The van der Waals surface area contributed by atoms with Crippen LogP contribution in [0.1, 0.15) is 78.1 Å². The quantitative estimate of drug-likeness (QED) is 0.584. The summed E-state index contributed by atoms with van der Waals surface area (Å²) in [6.07, 6.45) is 14.4. The van der Waals surface area contributed by atoms with Gasteiger partial charge in [-0.15, -0.1) is 0 Å². The average Bonchev–Trinajstić information content (AvgIpc) is 2.97. The van der Waals surface area contributed by atoms with Crippen molar-refractivity contribution in [3.63, 3.8) is 0 Å². The third-order valence-electron chi connectivity index (χ3n) is 5.43. The molecule has 0 aromatic carbocycles. The molecule has 1 unspecified atom stereocenters. The largest absolute Gasteiger partial charge is 0.374 e. The molecule has 0 aliphatic carbocycles. The maximum Gasteiger partial charge on any atom is 0.0867 e. The van der Waals surface area contributed by atoms with Gasteiger partial charge in [-0.3, -0.25) is 4.90 Å². The Morgan fingerprint density at radius 3 is 2.36 bits per heavy atom. The molecule has 0 saturated carbocycles. The van der Waals surface area contributed by atoms with E-state index in [2.05, 4.69) is 24.1 Å². The van der Waals surface area contributed by atoms with Gasteiger partial charge in [-0.05, 0) is 12.8 Å². The van der Waals surface area contributed by atoms with E-state index in [-0.39, 0.29) is 0 Å². The molecule has 3 heteroatoms. The van der Waals surface area contributed by atoms with Crippen molar-refractivity contribution < 1.29 is 4.74 Å². The molecule has 0 amide bonds. The molecule has 2 rings (SSSR count). The smallest absolute Gasteiger partial charge is 0.0867 e. The van der Waals surface area contributed by atoms with Crippen LogP contribution >= 0.6 is 0 Å². The van der Waals surface area contributed by atoms with Gasteiger partial charge in [-0.2, -0.15) is 0 Å². The maximum atomic E-state index is 5.96. The molecule has 0 bridgehead atoms. The first-order valence-electron chi connectivity index (χ1n) is 9.94. The zero-order chi connectivity index (χ0) is 15.6. The molecule has 130 valence electrons. The van der Waals surface area contributed by atoms with Gasteiger partial charge >= 0.3 is 0 Å². The lowest BCUT2D eigenvalue weighted by Crippen LogP contribution is -2.47. The van der Waals surface area contributed by atoms with Gasteiger partial charge in [0.25, 0.3) is 0 Å². The van der Waals surface area contributed by atoms with Crippen LogP contribution in [0, 0.1) is 0 Å². The first-order chi connectivity index (χ1) is 10.8. The normalized spacial score (nSPS) is 27.0. The van der Waals surface area contributed by atoms with Crippen molar-refractivity contribution in [1.82, 2.24) is 10.2 Å². The van der Waals surface area contributed by atoms with E-state index in [1.807, 2.05) is 0 Å². The van der Waals surface area contributed by atoms with E-state index in [4.69, 9.17) is 4.74 Å². The molecule has 0 aromatic heterocycles. The summed E-state index contributed by atoms with van der Waals surface area (Å²) in [5.74, 6) is 0. The van der Waals surface area contributed by atoms with Crippen molar-refractivity contribution >= 4 is 0 Å². The van der Waals surface area contributed by atoms with Crippen LogP contribution in [0.15, 0.2) is 0 Å². The second-order valence-electron chi connectivity index (χ2n) is 7.28. The number of nitrogens with one attached hydrogen (secondary N) is 1. The maximum absolute atomic E-state index is 5.96.